The van der Waals surface area contributed by atoms with Crippen molar-refractivity contribution in [1.82, 2.24) is 0 Å². The molecule has 0 saturated heterocycles. The first-order valence-electron chi connectivity index (χ1n) is 7.24. The van der Waals surface area contributed by atoms with Gasteiger partial charge in [-0.05, 0) is 22.9 Å². The van der Waals surface area contributed by atoms with Crippen molar-refractivity contribution in [2.45, 2.75) is 0 Å². The minimum atomic E-state index is -0.325. The molecule has 4 rings (SSSR count). The van der Waals surface area contributed by atoms with E-state index in [2.05, 4.69) is 15.9 Å². The molecule has 0 aliphatic carbocycles. The van der Waals surface area contributed by atoms with Crippen LogP contribution in [0.5, 0.6) is 5.75 Å². The fourth-order valence-electron chi connectivity index (χ4n) is 2.96. The van der Waals surface area contributed by atoms with Gasteiger partial charge in [0.1, 0.15) is 11.6 Å². The van der Waals surface area contributed by atoms with E-state index in [1.54, 1.807) is 18.2 Å². The van der Waals surface area contributed by atoms with Crippen LogP contribution in [0.25, 0.3) is 32.7 Å². The number of halogens is 2. The lowest BCUT2D eigenvalue weighted by Gasteiger charge is -2.12. The van der Waals surface area contributed by atoms with Crippen molar-refractivity contribution < 1.29 is 9.50 Å². The number of fused-ring (bicyclic) bond motifs is 2. The highest BCUT2D eigenvalue weighted by Gasteiger charge is 2.16. The van der Waals surface area contributed by atoms with Gasteiger partial charge in [0, 0.05) is 26.4 Å². The average Bonchev–Trinajstić information content (AvgIpc) is 2.59. The molecule has 0 saturated carbocycles. The minimum absolute atomic E-state index is 0.101. The molecule has 0 aliphatic heterocycles. The third-order valence-electron chi connectivity index (χ3n) is 4.12. The normalized spacial score (nSPS) is 11.2. The maximum atomic E-state index is 15.0. The third-order valence-corrected chi connectivity index (χ3v) is 4.78. The van der Waals surface area contributed by atoms with Crippen LogP contribution in [0.15, 0.2) is 71.2 Å². The first-order valence-corrected chi connectivity index (χ1v) is 8.04. The standard InChI is InChI=1S/C20H12BrFO/c21-18-11-17(19(22)15-8-4-3-7-14(15)18)16-10-9-12-5-1-2-6-13(12)20(16)23/h1-11,23H. The van der Waals surface area contributed by atoms with Crippen molar-refractivity contribution >= 4 is 37.5 Å². The van der Waals surface area contributed by atoms with Crippen LogP contribution < -0.4 is 0 Å². The summed E-state index contributed by atoms with van der Waals surface area (Å²) in [6.07, 6.45) is 0. The average molecular weight is 367 g/mol. The third kappa shape index (κ3) is 2.20. The van der Waals surface area contributed by atoms with Crippen molar-refractivity contribution in [3.8, 4) is 16.9 Å². The molecular formula is C20H12BrFO. The van der Waals surface area contributed by atoms with Crippen molar-refractivity contribution in [3.63, 3.8) is 0 Å². The molecule has 0 fully saturated rings. The molecule has 1 N–H and O–H groups in total. The number of aromatic hydroxyl groups is 1. The Labute approximate surface area is 141 Å². The van der Waals surface area contributed by atoms with Crippen LogP contribution in [0.3, 0.4) is 0 Å². The Bertz CT molecular complexity index is 1060. The lowest BCUT2D eigenvalue weighted by atomic mass is 9.97. The van der Waals surface area contributed by atoms with E-state index in [0.29, 0.717) is 21.9 Å². The summed E-state index contributed by atoms with van der Waals surface area (Å²) in [5, 5.41) is 13.6. The summed E-state index contributed by atoms with van der Waals surface area (Å²) < 4.78 is 15.8. The van der Waals surface area contributed by atoms with Crippen LogP contribution in [0, 0.1) is 5.82 Å². The fraction of sp³-hybridized carbons (Fsp3) is 0. The zero-order valence-corrected chi connectivity index (χ0v) is 13.6. The van der Waals surface area contributed by atoms with E-state index in [-0.39, 0.29) is 11.6 Å². The second-order valence-electron chi connectivity index (χ2n) is 5.45. The molecular weight excluding hydrogens is 355 g/mol. The van der Waals surface area contributed by atoms with Gasteiger partial charge >= 0.3 is 0 Å². The molecule has 3 heteroatoms. The van der Waals surface area contributed by atoms with Gasteiger partial charge in [-0.15, -0.1) is 0 Å². The molecule has 0 aliphatic rings. The molecule has 0 radical (unpaired) electrons. The van der Waals surface area contributed by atoms with E-state index in [1.165, 1.54) is 0 Å². The minimum Gasteiger partial charge on any atom is -0.507 e. The number of hydrogen-bond donors (Lipinski definition) is 1. The number of hydrogen-bond acceptors (Lipinski definition) is 1. The molecule has 0 bridgehead atoms. The van der Waals surface area contributed by atoms with E-state index >= 15 is 0 Å². The Morgan fingerprint density at radius 1 is 0.739 bits per heavy atom. The largest absolute Gasteiger partial charge is 0.507 e. The predicted molar refractivity (Wildman–Crippen MR) is 96.2 cm³/mol. The summed E-state index contributed by atoms with van der Waals surface area (Å²) in [4.78, 5) is 0. The second-order valence-corrected chi connectivity index (χ2v) is 6.30. The SMILES string of the molecule is Oc1c(-c2cc(Br)c3ccccc3c2F)ccc2ccccc12. The summed E-state index contributed by atoms with van der Waals surface area (Å²) in [6.45, 7) is 0. The highest BCUT2D eigenvalue weighted by Crippen LogP contribution is 2.40. The first-order chi connectivity index (χ1) is 11.2. The molecule has 0 atom stereocenters. The Kier molecular flexibility index (Phi) is 3.31. The molecule has 112 valence electrons. The van der Waals surface area contributed by atoms with Gasteiger partial charge in [-0.1, -0.05) is 70.5 Å². The molecule has 0 spiro atoms. The van der Waals surface area contributed by atoms with Gasteiger partial charge in [0.25, 0.3) is 0 Å². The van der Waals surface area contributed by atoms with Gasteiger partial charge in [0.15, 0.2) is 0 Å². The Hall–Kier alpha value is -2.39. The van der Waals surface area contributed by atoms with Gasteiger partial charge in [0.05, 0.1) is 0 Å². The van der Waals surface area contributed by atoms with Gasteiger partial charge < -0.3 is 5.11 Å². The quantitative estimate of drug-likeness (QED) is 0.421. The van der Waals surface area contributed by atoms with E-state index in [1.807, 2.05) is 48.5 Å². The van der Waals surface area contributed by atoms with Crippen LogP contribution in [0.4, 0.5) is 4.39 Å². The van der Waals surface area contributed by atoms with E-state index in [4.69, 9.17) is 0 Å². The smallest absolute Gasteiger partial charge is 0.139 e. The van der Waals surface area contributed by atoms with Gasteiger partial charge in [-0.25, -0.2) is 4.39 Å². The number of phenols is 1. The lowest BCUT2D eigenvalue weighted by molar-refractivity contribution is 0.483. The van der Waals surface area contributed by atoms with E-state index in [9.17, 15) is 9.50 Å². The summed E-state index contributed by atoms with van der Waals surface area (Å²) in [6, 6.07) is 20.2. The number of phenolic OH excluding ortho intramolecular Hbond substituents is 1. The molecule has 4 aromatic carbocycles. The Morgan fingerprint density at radius 3 is 2.17 bits per heavy atom. The van der Waals surface area contributed by atoms with Crippen molar-refractivity contribution in [3.05, 3.63) is 77.0 Å². The maximum absolute atomic E-state index is 15.0. The molecule has 4 aromatic rings. The van der Waals surface area contributed by atoms with Crippen molar-refractivity contribution in [2.24, 2.45) is 0 Å². The van der Waals surface area contributed by atoms with E-state index in [0.717, 1.165) is 15.2 Å². The fourth-order valence-corrected chi connectivity index (χ4v) is 3.54. The maximum Gasteiger partial charge on any atom is 0.139 e. The number of rotatable bonds is 1. The topological polar surface area (TPSA) is 20.2 Å². The highest BCUT2D eigenvalue weighted by atomic mass is 79.9. The summed E-state index contributed by atoms with van der Waals surface area (Å²) in [7, 11) is 0. The zero-order chi connectivity index (χ0) is 16.0. The predicted octanol–water partition coefficient (Wildman–Crippen LogP) is 6.27. The zero-order valence-electron chi connectivity index (χ0n) is 12.1. The molecule has 0 amide bonds. The first kappa shape index (κ1) is 14.2. The van der Waals surface area contributed by atoms with Crippen molar-refractivity contribution in [2.75, 3.05) is 0 Å². The molecule has 0 aromatic heterocycles. The molecule has 0 heterocycles. The van der Waals surface area contributed by atoms with Crippen LogP contribution in [-0.4, -0.2) is 5.11 Å². The van der Waals surface area contributed by atoms with Crippen LogP contribution in [0.2, 0.25) is 0 Å². The van der Waals surface area contributed by atoms with Crippen LogP contribution in [-0.2, 0) is 0 Å². The summed E-state index contributed by atoms with van der Waals surface area (Å²) in [5.41, 5.74) is 0.881. The molecule has 1 nitrogen and oxygen atoms in total. The Balaban J connectivity index is 2.07. The molecule has 23 heavy (non-hydrogen) atoms. The molecule has 0 unspecified atom stereocenters. The number of benzene rings is 4. The summed E-state index contributed by atoms with van der Waals surface area (Å²) >= 11 is 3.51. The van der Waals surface area contributed by atoms with E-state index < -0.39 is 0 Å². The van der Waals surface area contributed by atoms with Crippen LogP contribution in [0.1, 0.15) is 0 Å². The highest BCUT2D eigenvalue weighted by molar-refractivity contribution is 9.10. The van der Waals surface area contributed by atoms with Gasteiger partial charge in [-0.2, -0.15) is 0 Å². The van der Waals surface area contributed by atoms with Crippen molar-refractivity contribution in [1.29, 1.82) is 0 Å². The second kappa shape index (κ2) is 5.36. The van der Waals surface area contributed by atoms with Crippen LogP contribution >= 0.6 is 15.9 Å². The monoisotopic (exact) mass is 366 g/mol. The summed E-state index contributed by atoms with van der Waals surface area (Å²) in [5.74, 6) is -0.224. The van der Waals surface area contributed by atoms with Gasteiger partial charge in [0.2, 0.25) is 0 Å². The Morgan fingerprint density at radius 2 is 1.39 bits per heavy atom. The lowest BCUT2D eigenvalue weighted by Crippen LogP contribution is -1.89. The van der Waals surface area contributed by atoms with Gasteiger partial charge in [-0.3, -0.25) is 0 Å².